The van der Waals surface area contributed by atoms with Gasteiger partial charge in [-0.15, -0.1) is 4.28 Å². The Hall–Kier alpha value is -1.39. The number of amides is 2. The Labute approximate surface area is 96.5 Å². The molecule has 0 aliphatic carbocycles. The number of carboxylic acids is 1. The third-order valence-corrected chi connectivity index (χ3v) is 3.13. The fraction of sp³-hybridized carbons (Fsp3) is 0.714. The second kappa shape index (κ2) is 3.82. The molecule has 96 valence electrons. The fourth-order valence-corrected chi connectivity index (χ4v) is 2.48. The molecule has 0 aromatic heterocycles. The minimum Gasteiger partial charge on any atom is -0.480 e. The van der Waals surface area contributed by atoms with Crippen molar-refractivity contribution in [2.75, 3.05) is 6.54 Å². The zero-order valence-electron chi connectivity index (χ0n) is 8.51. The Morgan fingerprint density at radius 3 is 2.59 bits per heavy atom. The van der Waals surface area contributed by atoms with E-state index in [0.29, 0.717) is 11.5 Å². The lowest BCUT2D eigenvalue weighted by molar-refractivity contribution is -0.142. The maximum atomic E-state index is 11.7. The number of rotatable bonds is 3. The first kappa shape index (κ1) is 12.1. The van der Waals surface area contributed by atoms with Crippen LogP contribution in [0.15, 0.2) is 0 Å². The second-order valence-electron chi connectivity index (χ2n) is 3.85. The van der Waals surface area contributed by atoms with Crippen molar-refractivity contribution in [1.82, 2.24) is 9.96 Å². The van der Waals surface area contributed by atoms with Gasteiger partial charge in [-0.25, -0.2) is 9.59 Å². The third-order valence-electron chi connectivity index (χ3n) is 2.78. The van der Waals surface area contributed by atoms with Crippen LogP contribution < -0.4 is 0 Å². The Bertz CT molecular complexity index is 461. The average molecular weight is 266 g/mol. The van der Waals surface area contributed by atoms with Gasteiger partial charge >= 0.3 is 22.4 Å². The van der Waals surface area contributed by atoms with E-state index in [2.05, 4.69) is 4.28 Å². The summed E-state index contributed by atoms with van der Waals surface area (Å²) in [7, 11) is -4.79. The van der Waals surface area contributed by atoms with Gasteiger partial charge in [0.25, 0.3) is 0 Å². The van der Waals surface area contributed by atoms with Crippen LogP contribution in [0.3, 0.4) is 0 Å². The van der Waals surface area contributed by atoms with E-state index in [0.717, 1.165) is 4.90 Å². The molecule has 2 aliphatic heterocycles. The van der Waals surface area contributed by atoms with Crippen LogP contribution in [0.25, 0.3) is 0 Å². The molecule has 1 unspecified atom stereocenters. The summed E-state index contributed by atoms with van der Waals surface area (Å²) in [5.41, 5.74) is 0. The highest BCUT2D eigenvalue weighted by Gasteiger charge is 2.49. The molecular formula is C7H10N2O7S. The molecular weight excluding hydrogens is 256 g/mol. The standard InChI is InChI=1S/C7H10N2O7S/c10-6(11)5-2-1-4-3-8(5)7(12)9(4)16-17(13,14)15/h4-5H,1-3H2,(H,10,11)(H,13,14,15)/t4-,5?/m1/s1. The smallest absolute Gasteiger partial charge is 0.418 e. The van der Waals surface area contributed by atoms with Gasteiger partial charge in [0.15, 0.2) is 0 Å². The summed E-state index contributed by atoms with van der Waals surface area (Å²) in [6.45, 7) is 0.0747. The molecule has 0 spiro atoms. The molecule has 0 radical (unpaired) electrons. The zero-order valence-corrected chi connectivity index (χ0v) is 9.33. The summed E-state index contributed by atoms with van der Waals surface area (Å²) in [4.78, 5) is 23.5. The van der Waals surface area contributed by atoms with Crippen molar-refractivity contribution in [3.05, 3.63) is 0 Å². The van der Waals surface area contributed by atoms with Gasteiger partial charge < -0.3 is 10.0 Å². The van der Waals surface area contributed by atoms with E-state index in [4.69, 9.17) is 9.66 Å². The van der Waals surface area contributed by atoms with Gasteiger partial charge in [0.1, 0.15) is 6.04 Å². The summed E-state index contributed by atoms with van der Waals surface area (Å²) < 4.78 is 33.7. The van der Waals surface area contributed by atoms with Crippen LogP contribution in [0.5, 0.6) is 0 Å². The van der Waals surface area contributed by atoms with Crippen LogP contribution in [0.2, 0.25) is 0 Å². The average Bonchev–Trinajstić information content (AvgIpc) is 2.42. The minimum absolute atomic E-state index is 0.0747. The number of hydroxylamine groups is 2. The zero-order chi connectivity index (χ0) is 12.8. The third kappa shape index (κ3) is 2.18. The van der Waals surface area contributed by atoms with Crippen LogP contribution >= 0.6 is 0 Å². The number of carboxylic acid groups (broad SMARTS) is 1. The Morgan fingerprint density at radius 1 is 1.41 bits per heavy atom. The maximum absolute atomic E-state index is 11.7. The monoisotopic (exact) mass is 266 g/mol. The predicted molar refractivity (Wildman–Crippen MR) is 51.0 cm³/mol. The number of carbonyl (C=O) groups excluding carboxylic acids is 1. The van der Waals surface area contributed by atoms with E-state index >= 15 is 0 Å². The van der Waals surface area contributed by atoms with Crippen molar-refractivity contribution in [3.63, 3.8) is 0 Å². The van der Waals surface area contributed by atoms with Crippen molar-refractivity contribution < 1.29 is 31.9 Å². The van der Waals surface area contributed by atoms with Gasteiger partial charge in [0.05, 0.1) is 6.04 Å². The number of nitrogens with zero attached hydrogens (tertiary/aromatic N) is 2. The van der Waals surface area contributed by atoms with Gasteiger partial charge in [-0.3, -0.25) is 4.55 Å². The van der Waals surface area contributed by atoms with E-state index in [1.807, 2.05) is 0 Å². The van der Waals surface area contributed by atoms with E-state index in [-0.39, 0.29) is 13.0 Å². The molecule has 2 atom stereocenters. The maximum Gasteiger partial charge on any atom is 0.418 e. The number of carbonyl (C=O) groups is 2. The lowest BCUT2D eigenvalue weighted by atomic mass is 10.0. The van der Waals surface area contributed by atoms with Crippen LogP contribution in [0, 0.1) is 0 Å². The molecule has 2 amide bonds. The van der Waals surface area contributed by atoms with Gasteiger partial charge in [-0.1, -0.05) is 0 Å². The molecule has 17 heavy (non-hydrogen) atoms. The molecule has 10 heteroatoms. The minimum atomic E-state index is -4.79. The summed E-state index contributed by atoms with van der Waals surface area (Å²) in [6.07, 6.45) is 0.520. The van der Waals surface area contributed by atoms with E-state index in [1.165, 1.54) is 0 Å². The number of piperidine rings is 1. The first-order valence-corrected chi connectivity index (χ1v) is 6.16. The number of hydrogen-bond donors (Lipinski definition) is 2. The number of hydrogen-bond acceptors (Lipinski definition) is 5. The second-order valence-corrected chi connectivity index (χ2v) is 4.85. The lowest BCUT2D eigenvalue weighted by Gasteiger charge is -2.26. The summed E-state index contributed by atoms with van der Waals surface area (Å²) in [5, 5.41) is 9.39. The molecule has 2 aliphatic rings. The summed E-state index contributed by atoms with van der Waals surface area (Å²) in [6, 6.07) is -2.40. The fourth-order valence-electron chi connectivity index (χ4n) is 2.09. The number of aliphatic carboxylic acids is 1. The van der Waals surface area contributed by atoms with Gasteiger partial charge in [-0.05, 0) is 12.8 Å². The molecule has 2 fully saturated rings. The highest BCUT2D eigenvalue weighted by Crippen LogP contribution is 2.30. The van der Waals surface area contributed by atoms with Crippen LogP contribution in [0.4, 0.5) is 4.79 Å². The number of urea groups is 1. The Balaban J connectivity index is 2.20. The first-order chi connectivity index (χ1) is 7.79. The van der Waals surface area contributed by atoms with Gasteiger partial charge in [-0.2, -0.15) is 13.5 Å². The SMILES string of the molecule is O=C(O)C1CC[C@@H]2CN1C(=O)N2OS(=O)(=O)O. The van der Waals surface area contributed by atoms with Gasteiger partial charge in [0, 0.05) is 6.54 Å². The van der Waals surface area contributed by atoms with E-state index in [9.17, 15) is 18.0 Å². The molecule has 2 bridgehead atoms. The predicted octanol–water partition coefficient (Wildman–Crippen LogP) is -0.926. The topological polar surface area (TPSA) is 124 Å². The molecule has 9 nitrogen and oxygen atoms in total. The Kier molecular flexibility index (Phi) is 2.72. The number of fused-ring (bicyclic) bond motifs is 2. The summed E-state index contributed by atoms with van der Waals surface area (Å²) >= 11 is 0. The molecule has 0 aromatic carbocycles. The molecule has 2 saturated heterocycles. The first-order valence-electron chi connectivity index (χ1n) is 4.79. The van der Waals surface area contributed by atoms with E-state index in [1.54, 1.807) is 0 Å². The van der Waals surface area contributed by atoms with Gasteiger partial charge in [0.2, 0.25) is 0 Å². The summed E-state index contributed by atoms with van der Waals surface area (Å²) in [5.74, 6) is -1.15. The molecule has 2 N–H and O–H groups in total. The van der Waals surface area contributed by atoms with Crippen molar-refractivity contribution in [2.45, 2.75) is 24.9 Å². The van der Waals surface area contributed by atoms with Crippen molar-refractivity contribution in [2.24, 2.45) is 0 Å². The Morgan fingerprint density at radius 2 is 2.06 bits per heavy atom. The van der Waals surface area contributed by atoms with Crippen LogP contribution in [0.1, 0.15) is 12.8 Å². The largest absolute Gasteiger partial charge is 0.480 e. The molecule has 2 rings (SSSR count). The normalized spacial score (nSPS) is 28.6. The van der Waals surface area contributed by atoms with Crippen LogP contribution in [-0.4, -0.2) is 58.7 Å². The van der Waals surface area contributed by atoms with Crippen molar-refractivity contribution in [1.29, 1.82) is 0 Å². The molecule has 2 heterocycles. The molecule has 0 saturated carbocycles. The lowest BCUT2D eigenvalue weighted by Crippen LogP contribution is -2.44. The highest BCUT2D eigenvalue weighted by atomic mass is 32.3. The van der Waals surface area contributed by atoms with Crippen LogP contribution in [-0.2, 0) is 19.5 Å². The van der Waals surface area contributed by atoms with E-state index < -0.39 is 34.5 Å². The quantitative estimate of drug-likeness (QED) is 0.632. The highest BCUT2D eigenvalue weighted by molar-refractivity contribution is 7.80. The van der Waals surface area contributed by atoms with Crippen molar-refractivity contribution >= 4 is 22.4 Å². The van der Waals surface area contributed by atoms with Crippen molar-refractivity contribution in [3.8, 4) is 0 Å². The molecule has 0 aromatic rings.